The minimum atomic E-state index is -0.255. The first-order valence-corrected chi connectivity index (χ1v) is 7.12. The number of pyridine rings is 1. The number of hydrogen-bond acceptors (Lipinski definition) is 2. The van der Waals surface area contributed by atoms with E-state index in [4.69, 9.17) is 4.74 Å². The van der Waals surface area contributed by atoms with Crippen molar-refractivity contribution in [3.05, 3.63) is 83.8 Å². The van der Waals surface area contributed by atoms with E-state index in [1.54, 1.807) is 25.3 Å². The molecule has 0 amide bonds. The van der Waals surface area contributed by atoms with Crippen LogP contribution in [-0.4, -0.2) is 4.98 Å². The first kappa shape index (κ1) is 14.3. The molecule has 1 aromatic heterocycles. The third-order valence-electron chi connectivity index (χ3n) is 3.44. The first-order valence-electron chi connectivity index (χ1n) is 7.12. The number of nitrogens with zero attached hydrogens (tertiary/aromatic N) is 1. The Morgan fingerprint density at radius 1 is 1.00 bits per heavy atom. The van der Waals surface area contributed by atoms with Crippen molar-refractivity contribution in [2.45, 2.75) is 13.5 Å². The maximum absolute atomic E-state index is 13.5. The standard InChI is InChI=1S/C19H16FNO/c1-14-7-9-17(11-18(14)20)22-13-15-8-10-19(21-12-15)16-5-3-2-4-6-16/h2-12H,13H2,1H3. The van der Waals surface area contributed by atoms with Crippen molar-refractivity contribution in [1.82, 2.24) is 4.98 Å². The lowest BCUT2D eigenvalue weighted by atomic mass is 10.1. The highest BCUT2D eigenvalue weighted by atomic mass is 19.1. The van der Waals surface area contributed by atoms with Crippen LogP contribution in [0.1, 0.15) is 11.1 Å². The van der Waals surface area contributed by atoms with Gasteiger partial charge in [-0.1, -0.05) is 42.5 Å². The molecule has 0 N–H and O–H groups in total. The second-order valence-electron chi connectivity index (χ2n) is 5.12. The number of hydrogen-bond donors (Lipinski definition) is 0. The Labute approximate surface area is 129 Å². The molecule has 0 fully saturated rings. The molecule has 0 aliphatic rings. The fraction of sp³-hybridized carbons (Fsp3) is 0.105. The third-order valence-corrected chi connectivity index (χ3v) is 3.44. The van der Waals surface area contributed by atoms with Crippen LogP contribution in [0, 0.1) is 12.7 Å². The fourth-order valence-corrected chi connectivity index (χ4v) is 2.12. The average Bonchev–Trinajstić information content (AvgIpc) is 2.57. The topological polar surface area (TPSA) is 22.1 Å². The summed E-state index contributed by atoms with van der Waals surface area (Å²) in [5.74, 6) is 0.269. The van der Waals surface area contributed by atoms with Gasteiger partial charge < -0.3 is 4.74 Å². The summed E-state index contributed by atoms with van der Waals surface area (Å²) < 4.78 is 19.0. The Bertz CT molecular complexity index is 754. The average molecular weight is 293 g/mol. The molecule has 1 heterocycles. The van der Waals surface area contributed by atoms with Gasteiger partial charge in [-0.05, 0) is 24.6 Å². The van der Waals surface area contributed by atoms with Crippen molar-refractivity contribution in [2.24, 2.45) is 0 Å². The summed E-state index contributed by atoms with van der Waals surface area (Å²) in [6.07, 6.45) is 1.78. The van der Waals surface area contributed by atoms with E-state index in [9.17, 15) is 4.39 Å². The van der Waals surface area contributed by atoms with Gasteiger partial charge in [0.05, 0.1) is 5.69 Å². The van der Waals surface area contributed by atoms with Gasteiger partial charge in [0.15, 0.2) is 0 Å². The van der Waals surface area contributed by atoms with Gasteiger partial charge in [-0.25, -0.2) is 4.39 Å². The quantitative estimate of drug-likeness (QED) is 0.691. The smallest absolute Gasteiger partial charge is 0.129 e. The second kappa shape index (κ2) is 6.39. The van der Waals surface area contributed by atoms with Crippen molar-refractivity contribution in [3.63, 3.8) is 0 Å². The van der Waals surface area contributed by atoms with Gasteiger partial charge >= 0.3 is 0 Å². The molecule has 0 unspecified atom stereocenters. The van der Waals surface area contributed by atoms with Crippen LogP contribution in [-0.2, 0) is 6.61 Å². The summed E-state index contributed by atoms with van der Waals surface area (Å²) in [4.78, 5) is 4.44. The zero-order valence-electron chi connectivity index (χ0n) is 12.3. The molecular formula is C19H16FNO. The number of ether oxygens (including phenoxy) is 1. The molecule has 2 aromatic carbocycles. The normalized spacial score (nSPS) is 10.5. The Morgan fingerprint density at radius 2 is 1.82 bits per heavy atom. The fourth-order valence-electron chi connectivity index (χ4n) is 2.12. The molecule has 22 heavy (non-hydrogen) atoms. The summed E-state index contributed by atoms with van der Waals surface area (Å²) in [7, 11) is 0. The molecule has 0 spiro atoms. The third kappa shape index (κ3) is 3.31. The lowest BCUT2D eigenvalue weighted by Gasteiger charge is -2.08. The molecule has 0 saturated heterocycles. The van der Waals surface area contributed by atoms with Gasteiger partial charge in [0.1, 0.15) is 18.2 Å². The van der Waals surface area contributed by atoms with Crippen LogP contribution in [0.5, 0.6) is 5.75 Å². The number of rotatable bonds is 4. The Balaban J connectivity index is 1.67. The van der Waals surface area contributed by atoms with Crippen LogP contribution in [0.25, 0.3) is 11.3 Å². The summed E-state index contributed by atoms with van der Waals surface area (Å²) in [6.45, 7) is 2.09. The van der Waals surface area contributed by atoms with Crippen molar-refractivity contribution in [1.29, 1.82) is 0 Å². The zero-order chi connectivity index (χ0) is 15.4. The molecule has 0 saturated carbocycles. The van der Waals surface area contributed by atoms with Crippen molar-refractivity contribution in [3.8, 4) is 17.0 Å². The summed E-state index contributed by atoms with van der Waals surface area (Å²) in [5, 5.41) is 0. The molecule has 0 radical (unpaired) electrons. The van der Waals surface area contributed by atoms with Crippen molar-refractivity contribution < 1.29 is 9.13 Å². The van der Waals surface area contributed by atoms with Gasteiger partial charge in [0.25, 0.3) is 0 Å². The first-order chi connectivity index (χ1) is 10.7. The molecule has 3 heteroatoms. The summed E-state index contributed by atoms with van der Waals surface area (Å²) in [6, 6.07) is 18.8. The molecule has 3 rings (SSSR count). The molecule has 0 bridgehead atoms. The van der Waals surface area contributed by atoms with Crippen LogP contribution >= 0.6 is 0 Å². The molecule has 110 valence electrons. The summed E-state index contributed by atoms with van der Waals surface area (Å²) >= 11 is 0. The van der Waals surface area contributed by atoms with Gasteiger partial charge in [-0.2, -0.15) is 0 Å². The largest absolute Gasteiger partial charge is 0.489 e. The highest BCUT2D eigenvalue weighted by Crippen LogP contribution is 2.19. The zero-order valence-corrected chi connectivity index (χ0v) is 12.3. The minimum Gasteiger partial charge on any atom is -0.489 e. The van der Waals surface area contributed by atoms with Crippen molar-refractivity contribution in [2.75, 3.05) is 0 Å². The van der Waals surface area contributed by atoms with E-state index in [2.05, 4.69) is 4.98 Å². The van der Waals surface area contributed by atoms with E-state index in [1.165, 1.54) is 6.07 Å². The monoisotopic (exact) mass is 293 g/mol. The lowest BCUT2D eigenvalue weighted by Crippen LogP contribution is -1.97. The van der Waals surface area contributed by atoms with E-state index < -0.39 is 0 Å². The van der Waals surface area contributed by atoms with Crippen LogP contribution in [0.2, 0.25) is 0 Å². The maximum atomic E-state index is 13.5. The predicted molar refractivity (Wildman–Crippen MR) is 85.1 cm³/mol. The lowest BCUT2D eigenvalue weighted by molar-refractivity contribution is 0.304. The van der Waals surface area contributed by atoms with E-state index in [0.29, 0.717) is 17.9 Å². The summed E-state index contributed by atoms with van der Waals surface area (Å²) in [5.41, 5.74) is 3.56. The second-order valence-corrected chi connectivity index (χ2v) is 5.12. The van der Waals surface area contributed by atoms with E-state index in [-0.39, 0.29) is 5.82 Å². The molecule has 0 aliphatic carbocycles. The molecule has 0 aliphatic heterocycles. The minimum absolute atomic E-state index is 0.255. The molecule has 2 nitrogen and oxygen atoms in total. The van der Waals surface area contributed by atoms with Gasteiger partial charge in [0.2, 0.25) is 0 Å². The van der Waals surface area contributed by atoms with Crippen LogP contribution < -0.4 is 4.74 Å². The van der Waals surface area contributed by atoms with Crippen LogP contribution in [0.4, 0.5) is 4.39 Å². The Morgan fingerprint density at radius 3 is 2.50 bits per heavy atom. The number of halogens is 1. The number of aryl methyl sites for hydroxylation is 1. The highest BCUT2D eigenvalue weighted by molar-refractivity contribution is 5.58. The molecule has 0 atom stereocenters. The number of benzene rings is 2. The van der Waals surface area contributed by atoms with Crippen molar-refractivity contribution >= 4 is 0 Å². The molecule has 3 aromatic rings. The van der Waals surface area contributed by atoms with E-state index in [1.807, 2.05) is 42.5 Å². The van der Waals surface area contributed by atoms with Gasteiger partial charge in [-0.3, -0.25) is 4.98 Å². The van der Waals surface area contributed by atoms with Gasteiger partial charge in [0, 0.05) is 23.4 Å². The number of aromatic nitrogens is 1. The predicted octanol–water partition coefficient (Wildman–Crippen LogP) is 4.78. The SMILES string of the molecule is Cc1ccc(OCc2ccc(-c3ccccc3)nc2)cc1F. The Hall–Kier alpha value is -2.68. The van der Waals surface area contributed by atoms with Crippen LogP contribution in [0.15, 0.2) is 66.9 Å². The van der Waals surface area contributed by atoms with E-state index >= 15 is 0 Å². The maximum Gasteiger partial charge on any atom is 0.129 e. The Kier molecular flexibility index (Phi) is 4.15. The molecular weight excluding hydrogens is 277 g/mol. The van der Waals surface area contributed by atoms with Crippen LogP contribution in [0.3, 0.4) is 0 Å². The highest BCUT2D eigenvalue weighted by Gasteiger charge is 2.02. The van der Waals surface area contributed by atoms with E-state index in [0.717, 1.165) is 16.8 Å². The van der Waals surface area contributed by atoms with Gasteiger partial charge in [-0.15, -0.1) is 0 Å².